The third-order valence-corrected chi connectivity index (χ3v) is 4.10. The molecule has 0 fully saturated rings. The van der Waals surface area contributed by atoms with E-state index in [1.54, 1.807) is 19.9 Å². The summed E-state index contributed by atoms with van der Waals surface area (Å²) < 4.78 is 5.16. The lowest BCUT2D eigenvalue weighted by Crippen LogP contribution is -2.37. The fraction of sp³-hybridized carbons (Fsp3) is 0.263. The Morgan fingerprint density at radius 1 is 1.19 bits per heavy atom. The first-order chi connectivity index (χ1) is 12.5. The van der Waals surface area contributed by atoms with E-state index in [9.17, 15) is 14.7 Å². The molecule has 0 bridgehead atoms. The molecule has 0 spiro atoms. The fourth-order valence-corrected chi connectivity index (χ4v) is 2.88. The molecule has 1 amide bonds. The zero-order valence-electron chi connectivity index (χ0n) is 14.6. The third kappa shape index (κ3) is 3.72. The molecule has 0 unspecified atom stereocenters. The van der Waals surface area contributed by atoms with Crippen LogP contribution in [0, 0.1) is 13.8 Å². The van der Waals surface area contributed by atoms with Crippen molar-refractivity contribution in [1.29, 1.82) is 0 Å². The van der Waals surface area contributed by atoms with Crippen LogP contribution in [0.1, 0.15) is 27.3 Å². The average Bonchev–Trinajstić information content (AvgIpc) is 2.98. The number of carbonyl (C=O) groups is 2. The lowest BCUT2D eigenvalue weighted by atomic mass is 10.1. The molecule has 3 aromatic rings. The van der Waals surface area contributed by atoms with E-state index in [1.807, 2.05) is 30.3 Å². The zero-order valence-corrected chi connectivity index (χ0v) is 14.6. The smallest absolute Gasteiger partial charge is 0.323 e. The number of amides is 1. The lowest BCUT2D eigenvalue weighted by Gasteiger charge is -2.21. The minimum Gasteiger partial charge on any atom is -0.480 e. The highest BCUT2D eigenvalue weighted by atomic mass is 16.5. The molecule has 7 nitrogen and oxygen atoms in total. The maximum atomic E-state index is 13.1. The summed E-state index contributed by atoms with van der Waals surface area (Å²) in [5, 5.41) is 13.6. The normalized spacial score (nSPS) is 10.8. The van der Waals surface area contributed by atoms with Crippen LogP contribution in [-0.4, -0.2) is 45.1 Å². The van der Waals surface area contributed by atoms with Crippen molar-refractivity contribution in [2.45, 2.75) is 20.3 Å². The first kappa shape index (κ1) is 17.6. The van der Waals surface area contributed by atoms with Crippen molar-refractivity contribution in [2.75, 3.05) is 13.1 Å². The second-order valence-corrected chi connectivity index (χ2v) is 6.12. The lowest BCUT2D eigenvalue weighted by molar-refractivity contribution is -0.137. The predicted molar refractivity (Wildman–Crippen MR) is 95.0 cm³/mol. The summed E-state index contributed by atoms with van der Waals surface area (Å²) in [5.74, 6) is -1.43. The Bertz CT molecular complexity index is 950. The van der Waals surface area contributed by atoms with Gasteiger partial charge in [0.15, 0.2) is 0 Å². The zero-order chi connectivity index (χ0) is 18.7. The summed E-state index contributed by atoms with van der Waals surface area (Å²) >= 11 is 0. The number of aliphatic carboxylic acids is 1. The van der Waals surface area contributed by atoms with Gasteiger partial charge in [-0.15, -0.1) is 0 Å². The molecule has 0 radical (unpaired) electrons. The number of hydrogen-bond acceptors (Lipinski definition) is 5. The van der Waals surface area contributed by atoms with E-state index in [1.165, 1.54) is 4.90 Å². The van der Waals surface area contributed by atoms with E-state index in [0.29, 0.717) is 35.3 Å². The summed E-state index contributed by atoms with van der Waals surface area (Å²) in [6, 6.07) is 11.3. The Morgan fingerprint density at radius 3 is 2.62 bits per heavy atom. The van der Waals surface area contributed by atoms with Gasteiger partial charge in [-0.3, -0.25) is 9.59 Å². The van der Waals surface area contributed by atoms with Gasteiger partial charge in [0.2, 0.25) is 0 Å². The molecule has 0 saturated carbocycles. The number of carboxylic acids is 1. The SMILES string of the molecule is Cc1cc(C(=O)N(CCc2ccccc2)CC(=O)O)c2c(C)noc2n1. The van der Waals surface area contributed by atoms with Crippen LogP contribution < -0.4 is 0 Å². The van der Waals surface area contributed by atoms with E-state index >= 15 is 0 Å². The van der Waals surface area contributed by atoms with Crippen molar-refractivity contribution in [3.8, 4) is 0 Å². The van der Waals surface area contributed by atoms with Crippen molar-refractivity contribution in [3.05, 3.63) is 58.9 Å². The van der Waals surface area contributed by atoms with E-state index in [4.69, 9.17) is 4.52 Å². The Balaban J connectivity index is 1.92. The van der Waals surface area contributed by atoms with Crippen molar-refractivity contribution >= 4 is 23.0 Å². The van der Waals surface area contributed by atoms with Crippen LogP contribution >= 0.6 is 0 Å². The van der Waals surface area contributed by atoms with Crippen LogP contribution in [0.2, 0.25) is 0 Å². The van der Waals surface area contributed by atoms with Crippen molar-refractivity contribution < 1.29 is 19.2 Å². The second-order valence-electron chi connectivity index (χ2n) is 6.12. The monoisotopic (exact) mass is 353 g/mol. The molecular formula is C19H19N3O4. The molecule has 26 heavy (non-hydrogen) atoms. The molecule has 2 heterocycles. The Morgan fingerprint density at radius 2 is 1.92 bits per heavy atom. The van der Waals surface area contributed by atoms with Gasteiger partial charge in [0.25, 0.3) is 11.6 Å². The van der Waals surface area contributed by atoms with Gasteiger partial charge in [0.1, 0.15) is 6.54 Å². The second kappa shape index (κ2) is 7.35. The molecule has 134 valence electrons. The molecule has 1 N–H and O–H groups in total. The van der Waals surface area contributed by atoms with E-state index in [0.717, 1.165) is 5.56 Å². The standard InChI is InChI=1S/C19H19N3O4/c1-12-10-15(17-13(2)21-26-18(17)20-12)19(25)22(11-16(23)24)9-8-14-6-4-3-5-7-14/h3-7,10H,8-9,11H2,1-2H3,(H,23,24). The van der Waals surface area contributed by atoms with Gasteiger partial charge in [-0.05, 0) is 31.9 Å². The van der Waals surface area contributed by atoms with Gasteiger partial charge in [-0.1, -0.05) is 35.5 Å². The number of carboxylic acid groups (broad SMARTS) is 1. The van der Waals surface area contributed by atoms with Crippen LogP contribution in [0.3, 0.4) is 0 Å². The van der Waals surface area contributed by atoms with Crippen LogP contribution in [0.4, 0.5) is 0 Å². The number of carbonyl (C=O) groups excluding carboxylic acids is 1. The number of hydrogen-bond donors (Lipinski definition) is 1. The topological polar surface area (TPSA) is 96.5 Å². The minimum absolute atomic E-state index is 0.282. The maximum Gasteiger partial charge on any atom is 0.323 e. The van der Waals surface area contributed by atoms with Crippen LogP contribution in [-0.2, 0) is 11.2 Å². The van der Waals surface area contributed by atoms with E-state index in [2.05, 4.69) is 10.1 Å². The number of aryl methyl sites for hydroxylation is 2. The molecule has 3 rings (SSSR count). The Kier molecular flexibility index (Phi) is 4.97. The molecule has 7 heteroatoms. The summed E-state index contributed by atoms with van der Waals surface area (Å²) in [7, 11) is 0. The van der Waals surface area contributed by atoms with Gasteiger partial charge in [-0.2, -0.15) is 0 Å². The van der Waals surface area contributed by atoms with Gasteiger partial charge in [-0.25, -0.2) is 4.98 Å². The summed E-state index contributed by atoms with van der Waals surface area (Å²) in [6.07, 6.45) is 0.565. The number of rotatable bonds is 6. The maximum absolute atomic E-state index is 13.1. The highest BCUT2D eigenvalue weighted by Crippen LogP contribution is 2.23. The quantitative estimate of drug-likeness (QED) is 0.732. The molecule has 0 aliphatic heterocycles. The first-order valence-corrected chi connectivity index (χ1v) is 8.24. The molecule has 2 aromatic heterocycles. The number of nitrogens with zero attached hydrogens (tertiary/aromatic N) is 3. The molecule has 0 saturated heterocycles. The molecule has 0 atom stereocenters. The minimum atomic E-state index is -1.06. The number of pyridine rings is 1. The average molecular weight is 353 g/mol. The van der Waals surface area contributed by atoms with Gasteiger partial charge < -0.3 is 14.5 Å². The summed E-state index contributed by atoms with van der Waals surface area (Å²) in [5.41, 5.74) is 2.84. The van der Waals surface area contributed by atoms with Crippen LogP contribution in [0.15, 0.2) is 40.9 Å². The number of fused-ring (bicyclic) bond motifs is 1. The fourth-order valence-electron chi connectivity index (χ4n) is 2.88. The Labute approximate surface area is 150 Å². The molecule has 0 aliphatic rings. The number of aromatic nitrogens is 2. The van der Waals surface area contributed by atoms with Crippen LogP contribution in [0.5, 0.6) is 0 Å². The van der Waals surface area contributed by atoms with E-state index < -0.39 is 5.97 Å². The molecule has 0 aliphatic carbocycles. The predicted octanol–water partition coefficient (Wildman–Crippen LogP) is 2.61. The van der Waals surface area contributed by atoms with Gasteiger partial charge >= 0.3 is 5.97 Å². The van der Waals surface area contributed by atoms with Gasteiger partial charge in [0, 0.05) is 12.2 Å². The van der Waals surface area contributed by atoms with Crippen molar-refractivity contribution in [3.63, 3.8) is 0 Å². The van der Waals surface area contributed by atoms with Gasteiger partial charge in [0.05, 0.1) is 16.6 Å². The summed E-state index contributed by atoms with van der Waals surface area (Å²) in [6.45, 7) is 3.39. The largest absolute Gasteiger partial charge is 0.480 e. The van der Waals surface area contributed by atoms with Crippen LogP contribution in [0.25, 0.3) is 11.1 Å². The highest BCUT2D eigenvalue weighted by Gasteiger charge is 2.24. The van der Waals surface area contributed by atoms with Crippen molar-refractivity contribution in [1.82, 2.24) is 15.0 Å². The molecule has 1 aromatic carbocycles. The summed E-state index contributed by atoms with van der Waals surface area (Å²) in [4.78, 5) is 29.9. The Hall–Kier alpha value is -3.22. The number of benzene rings is 1. The highest BCUT2D eigenvalue weighted by molar-refractivity contribution is 6.06. The van der Waals surface area contributed by atoms with Crippen molar-refractivity contribution in [2.24, 2.45) is 0 Å². The molecular weight excluding hydrogens is 334 g/mol. The third-order valence-electron chi connectivity index (χ3n) is 4.10. The first-order valence-electron chi connectivity index (χ1n) is 8.24. The van der Waals surface area contributed by atoms with E-state index in [-0.39, 0.29) is 18.2 Å².